The molecule has 0 radical (unpaired) electrons. The third-order valence-corrected chi connectivity index (χ3v) is 3.99. The van der Waals surface area contributed by atoms with Crippen molar-refractivity contribution in [1.82, 2.24) is 9.78 Å². The first kappa shape index (κ1) is 13.3. The summed E-state index contributed by atoms with van der Waals surface area (Å²) in [7, 11) is 0. The first-order chi connectivity index (χ1) is 8.60. The predicted molar refractivity (Wildman–Crippen MR) is 71.3 cm³/mol. The van der Waals surface area contributed by atoms with Crippen molar-refractivity contribution in [3.63, 3.8) is 0 Å². The number of nitrogens with two attached hydrogens (primary N) is 1. The average Bonchev–Trinajstić information content (AvgIpc) is 2.97. The molecule has 18 heavy (non-hydrogen) atoms. The molecule has 0 bridgehead atoms. The fourth-order valence-corrected chi connectivity index (χ4v) is 2.54. The minimum absolute atomic E-state index is 0.161. The second-order valence-corrected chi connectivity index (χ2v) is 5.46. The topological polar surface area (TPSA) is 60.9 Å². The lowest BCUT2D eigenvalue weighted by molar-refractivity contribution is -0.122. The minimum Gasteiger partial charge on any atom is -0.328 e. The quantitative estimate of drug-likeness (QED) is 0.869. The highest BCUT2D eigenvalue weighted by Crippen LogP contribution is 2.25. The van der Waals surface area contributed by atoms with E-state index in [0.717, 1.165) is 31.4 Å². The van der Waals surface area contributed by atoms with E-state index in [9.17, 15) is 4.79 Å². The first-order valence-corrected chi connectivity index (χ1v) is 6.92. The molecular formula is C14H23N3O. The van der Waals surface area contributed by atoms with Crippen molar-refractivity contribution in [3.05, 3.63) is 18.0 Å². The molecule has 1 heterocycles. The van der Waals surface area contributed by atoms with Gasteiger partial charge in [0.05, 0.1) is 12.1 Å². The van der Waals surface area contributed by atoms with Crippen molar-refractivity contribution < 1.29 is 4.79 Å². The molecule has 4 heteroatoms. The van der Waals surface area contributed by atoms with Gasteiger partial charge in [-0.15, -0.1) is 0 Å². The van der Waals surface area contributed by atoms with Crippen LogP contribution in [0.3, 0.4) is 0 Å². The Kier molecular flexibility index (Phi) is 4.17. The van der Waals surface area contributed by atoms with Gasteiger partial charge in [0.2, 0.25) is 0 Å². The summed E-state index contributed by atoms with van der Waals surface area (Å²) in [5, 5.41) is 4.48. The summed E-state index contributed by atoms with van der Waals surface area (Å²) in [6, 6.07) is 2.57. The molecule has 4 nitrogen and oxygen atoms in total. The SMILES string of the molecule is CCC(C)n1ccc(CC(=O)C2CCC(N)C2)n1. The van der Waals surface area contributed by atoms with E-state index in [1.54, 1.807) is 0 Å². The monoisotopic (exact) mass is 249 g/mol. The van der Waals surface area contributed by atoms with Crippen LogP contribution in [0.4, 0.5) is 0 Å². The van der Waals surface area contributed by atoms with Gasteiger partial charge in [-0.3, -0.25) is 9.48 Å². The van der Waals surface area contributed by atoms with E-state index in [4.69, 9.17) is 5.73 Å². The number of carbonyl (C=O) groups is 1. The van der Waals surface area contributed by atoms with Crippen LogP contribution < -0.4 is 5.73 Å². The van der Waals surface area contributed by atoms with Crippen molar-refractivity contribution in [2.75, 3.05) is 0 Å². The summed E-state index contributed by atoms with van der Waals surface area (Å²) in [5.74, 6) is 0.464. The lowest BCUT2D eigenvalue weighted by Gasteiger charge is -2.09. The molecule has 3 unspecified atom stereocenters. The Morgan fingerprint density at radius 3 is 3.00 bits per heavy atom. The minimum atomic E-state index is 0.161. The van der Waals surface area contributed by atoms with Gasteiger partial charge in [-0.2, -0.15) is 5.10 Å². The van der Waals surface area contributed by atoms with Gasteiger partial charge in [-0.1, -0.05) is 6.92 Å². The molecular weight excluding hydrogens is 226 g/mol. The molecule has 1 aliphatic rings. The smallest absolute Gasteiger partial charge is 0.142 e. The van der Waals surface area contributed by atoms with Crippen molar-refractivity contribution >= 4 is 5.78 Å². The number of hydrogen-bond acceptors (Lipinski definition) is 3. The molecule has 0 amide bonds. The van der Waals surface area contributed by atoms with Crippen LogP contribution in [0.1, 0.15) is 51.3 Å². The van der Waals surface area contributed by atoms with Crippen LogP contribution in [0, 0.1) is 5.92 Å². The highest BCUT2D eigenvalue weighted by atomic mass is 16.1. The van der Waals surface area contributed by atoms with Crippen LogP contribution in [0.5, 0.6) is 0 Å². The summed E-state index contributed by atoms with van der Waals surface area (Å²) >= 11 is 0. The van der Waals surface area contributed by atoms with E-state index in [2.05, 4.69) is 18.9 Å². The fraction of sp³-hybridized carbons (Fsp3) is 0.714. The molecule has 0 saturated heterocycles. The predicted octanol–water partition coefficient (Wildman–Crippen LogP) is 2.09. The van der Waals surface area contributed by atoms with E-state index < -0.39 is 0 Å². The van der Waals surface area contributed by atoms with Gasteiger partial charge >= 0.3 is 0 Å². The Bertz CT molecular complexity index is 413. The van der Waals surface area contributed by atoms with Crippen LogP contribution >= 0.6 is 0 Å². The molecule has 100 valence electrons. The molecule has 1 saturated carbocycles. The number of rotatable bonds is 5. The van der Waals surface area contributed by atoms with E-state index in [0.29, 0.717) is 18.2 Å². The summed E-state index contributed by atoms with van der Waals surface area (Å²) in [6.45, 7) is 4.27. The summed E-state index contributed by atoms with van der Waals surface area (Å²) in [6.07, 6.45) is 6.26. The van der Waals surface area contributed by atoms with Crippen molar-refractivity contribution in [2.45, 2.75) is 58.0 Å². The lowest BCUT2D eigenvalue weighted by Crippen LogP contribution is -2.19. The third-order valence-electron chi connectivity index (χ3n) is 3.99. The normalized spacial score (nSPS) is 25.3. The van der Waals surface area contributed by atoms with Gasteiger partial charge in [0.15, 0.2) is 0 Å². The maximum absolute atomic E-state index is 12.1. The van der Waals surface area contributed by atoms with Crippen LogP contribution in [0.15, 0.2) is 12.3 Å². The Morgan fingerprint density at radius 2 is 2.39 bits per heavy atom. The zero-order valence-corrected chi connectivity index (χ0v) is 11.3. The first-order valence-electron chi connectivity index (χ1n) is 6.92. The zero-order valence-electron chi connectivity index (χ0n) is 11.3. The van der Waals surface area contributed by atoms with Crippen molar-refractivity contribution in [2.24, 2.45) is 11.7 Å². The molecule has 0 spiro atoms. The third kappa shape index (κ3) is 2.99. The van der Waals surface area contributed by atoms with Crippen LogP contribution in [-0.4, -0.2) is 21.6 Å². The largest absolute Gasteiger partial charge is 0.328 e. The Morgan fingerprint density at radius 1 is 1.61 bits per heavy atom. The van der Waals surface area contributed by atoms with Crippen molar-refractivity contribution in [3.8, 4) is 0 Å². The van der Waals surface area contributed by atoms with Gasteiger partial charge in [-0.05, 0) is 38.7 Å². The average molecular weight is 249 g/mol. The van der Waals surface area contributed by atoms with E-state index >= 15 is 0 Å². The molecule has 2 rings (SSSR count). The van der Waals surface area contributed by atoms with Crippen LogP contribution in [0.25, 0.3) is 0 Å². The molecule has 2 N–H and O–H groups in total. The van der Waals surface area contributed by atoms with Gasteiger partial charge < -0.3 is 5.73 Å². The maximum atomic E-state index is 12.1. The molecule has 1 fully saturated rings. The highest BCUT2D eigenvalue weighted by molar-refractivity contribution is 5.83. The fourth-order valence-electron chi connectivity index (χ4n) is 2.54. The number of nitrogens with zero attached hydrogens (tertiary/aromatic N) is 2. The lowest BCUT2D eigenvalue weighted by atomic mass is 9.99. The Hall–Kier alpha value is -1.16. The Labute approximate surface area is 109 Å². The Balaban J connectivity index is 1.93. The van der Waals surface area contributed by atoms with Crippen molar-refractivity contribution in [1.29, 1.82) is 0 Å². The number of ketones is 1. The molecule has 1 aromatic rings. The maximum Gasteiger partial charge on any atom is 0.142 e. The van der Waals surface area contributed by atoms with Gasteiger partial charge in [0, 0.05) is 24.2 Å². The number of hydrogen-bond donors (Lipinski definition) is 1. The molecule has 0 aliphatic heterocycles. The number of carbonyl (C=O) groups excluding carboxylic acids is 1. The van der Waals surface area contributed by atoms with E-state index in [-0.39, 0.29) is 12.0 Å². The zero-order chi connectivity index (χ0) is 13.1. The summed E-state index contributed by atoms with van der Waals surface area (Å²) < 4.78 is 1.95. The van der Waals surface area contributed by atoms with Crippen LogP contribution in [-0.2, 0) is 11.2 Å². The molecule has 1 aromatic heterocycles. The number of aromatic nitrogens is 2. The second kappa shape index (κ2) is 5.65. The van der Waals surface area contributed by atoms with E-state index in [1.165, 1.54) is 0 Å². The second-order valence-electron chi connectivity index (χ2n) is 5.46. The van der Waals surface area contributed by atoms with Gasteiger partial charge in [0.25, 0.3) is 0 Å². The number of Topliss-reactive ketones (excluding diaryl/α,β-unsaturated/α-hetero) is 1. The highest BCUT2D eigenvalue weighted by Gasteiger charge is 2.27. The van der Waals surface area contributed by atoms with Gasteiger partial charge in [0.1, 0.15) is 5.78 Å². The summed E-state index contributed by atoms with van der Waals surface area (Å²) in [5.41, 5.74) is 6.74. The molecule has 1 aliphatic carbocycles. The standard InChI is InChI=1S/C14H23N3O/c1-3-10(2)17-7-6-13(16-17)9-14(18)11-4-5-12(15)8-11/h6-7,10-12H,3-5,8-9,15H2,1-2H3. The van der Waals surface area contributed by atoms with Gasteiger partial charge in [-0.25, -0.2) is 0 Å². The molecule has 0 aromatic carbocycles. The van der Waals surface area contributed by atoms with Crippen LogP contribution in [0.2, 0.25) is 0 Å². The van der Waals surface area contributed by atoms with E-state index in [1.807, 2.05) is 16.9 Å². The summed E-state index contributed by atoms with van der Waals surface area (Å²) in [4.78, 5) is 12.1. The molecule has 3 atom stereocenters.